The summed E-state index contributed by atoms with van der Waals surface area (Å²) in [5, 5.41) is 0. The Labute approximate surface area is 103 Å². The topological polar surface area (TPSA) is 18.5 Å². The van der Waals surface area contributed by atoms with Crippen molar-refractivity contribution in [2.75, 3.05) is 7.11 Å². The van der Waals surface area contributed by atoms with E-state index in [0.717, 1.165) is 17.9 Å². The van der Waals surface area contributed by atoms with Crippen molar-refractivity contribution < 1.29 is 9.47 Å². The van der Waals surface area contributed by atoms with Crippen LogP contribution in [0.3, 0.4) is 0 Å². The van der Waals surface area contributed by atoms with Crippen molar-refractivity contribution in [2.45, 2.75) is 26.4 Å². The standard InChI is InChI=1S/C15H18O2/c1-11(2)17-15-13-8-6-4-5-7-12(13)9-10-14(15)16-3/h4-7,9-11H,8H2,1-3H3. The first kappa shape index (κ1) is 11.8. The molecular formula is C15H18O2. The lowest BCUT2D eigenvalue weighted by Gasteiger charge is -2.18. The Morgan fingerprint density at radius 2 is 2.00 bits per heavy atom. The quantitative estimate of drug-likeness (QED) is 0.789. The summed E-state index contributed by atoms with van der Waals surface area (Å²) in [5.74, 6) is 1.68. The van der Waals surface area contributed by atoms with Crippen molar-refractivity contribution in [1.82, 2.24) is 0 Å². The minimum Gasteiger partial charge on any atom is -0.493 e. The van der Waals surface area contributed by atoms with E-state index in [9.17, 15) is 0 Å². The van der Waals surface area contributed by atoms with Crippen LogP contribution in [0.15, 0.2) is 30.4 Å². The van der Waals surface area contributed by atoms with Gasteiger partial charge in [0.25, 0.3) is 0 Å². The Morgan fingerprint density at radius 1 is 1.18 bits per heavy atom. The summed E-state index contributed by atoms with van der Waals surface area (Å²) in [6.07, 6.45) is 9.37. The molecule has 2 heteroatoms. The second kappa shape index (κ2) is 5.09. The first-order valence-corrected chi connectivity index (χ1v) is 5.92. The molecule has 0 atom stereocenters. The minimum absolute atomic E-state index is 0.145. The van der Waals surface area contributed by atoms with E-state index in [4.69, 9.17) is 9.47 Å². The van der Waals surface area contributed by atoms with Crippen LogP contribution >= 0.6 is 0 Å². The fraction of sp³-hybridized carbons (Fsp3) is 0.333. The van der Waals surface area contributed by atoms with E-state index in [2.05, 4.69) is 30.4 Å². The summed E-state index contributed by atoms with van der Waals surface area (Å²) in [4.78, 5) is 0. The molecule has 0 bridgehead atoms. The monoisotopic (exact) mass is 230 g/mol. The van der Waals surface area contributed by atoms with Gasteiger partial charge in [0.05, 0.1) is 13.2 Å². The Balaban J connectivity index is 2.52. The molecule has 0 heterocycles. The zero-order valence-electron chi connectivity index (χ0n) is 10.6. The van der Waals surface area contributed by atoms with Gasteiger partial charge in [0, 0.05) is 5.56 Å². The molecule has 2 nitrogen and oxygen atoms in total. The molecule has 0 fully saturated rings. The highest BCUT2D eigenvalue weighted by molar-refractivity contribution is 5.64. The summed E-state index contributed by atoms with van der Waals surface area (Å²) in [7, 11) is 1.68. The highest BCUT2D eigenvalue weighted by Crippen LogP contribution is 2.36. The van der Waals surface area contributed by atoms with Crippen LogP contribution in [0, 0.1) is 0 Å². The van der Waals surface area contributed by atoms with Crippen molar-refractivity contribution >= 4 is 6.08 Å². The zero-order valence-corrected chi connectivity index (χ0v) is 10.6. The number of fused-ring (bicyclic) bond motifs is 1. The molecule has 0 saturated heterocycles. The van der Waals surface area contributed by atoms with Crippen molar-refractivity contribution in [3.05, 3.63) is 41.5 Å². The maximum atomic E-state index is 5.90. The van der Waals surface area contributed by atoms with E-state index in [1.807, 2.05) is 19.9 Å². The third kappa shape index (κ3) is 2.52. The van der Waals surface area contributed by atoms with Crippen molar-refractivity contribution in [3.8, 4) is 11.5 Å². The molecule has 1 aromatic rings. The lowest BCUT2D eigenvalue weighted by atomic mass is 10.0. The predicted molar refractivity (Wildman–Crippen MR) is 70.6 cm³/mol. The van der Waals surface area contributed by atoms with Gasteiger partial charge in [-0.05, 0) is 31.9 Å². The molecule has 1 aliphatic rings. The normalized spacial score (nSPS) is 13.4. The molecule has 0 aromatic heterocycles. The molecule has 0 radical (unpaired) electrons. The van der Waals surface area contributed by atoms with Crippen LogP contribution in [-0.4, -0.2) is 13.2 Å². The smallest absolute Gasteiger partial charge is 0.165 e. The van der Waals surface area contributed by atoms with E-state index in [1.54, 1.807) is 7.11 Å². The van der Waals surface area contributed by atoms with Gasteiger partial charge in [-0.2, -0.15) is 0 Å². The van der Waals surface area contributed by atoms with E-state index in [1.165, 1.54) is 11.1 Å². The van der Waals surface area contributed by atoms with Gasteiger partial charge >= 0.3 is 0 Å². The first-order valence-electron chi connectivity index (χ1n) is 5.92. The molecule has 17 heavy (non-hydrogen) atoms. The van der Waals surface area contributed by atoms with Crippen LogP contribution in [0.1, 0.15) is 25.0 Å². The molecule has 2 rings (SSSR count). The van der Waals surface area contributed by atoms with E-state index in [0.29, 0.717) is 0 Å². The predicted octanol–water partition coefficient (Wildman–Crippen LogP) is 3.61. The van der Waals surface area contributed by atoms with Gasteiger partial charge in [0.1, 0.15) is 0 Å². The number of hydrogen-bond donors (Lipinski definition) is 0. The van der Waals surface area contributed by atoms with Crippen LogP contribution < -0.4 is 9.47 Å². The molecule has 0 unspecified atom stereocenters. The van der Waals surface area contributed by atoms with Crippen LogP contribution in [0.5, 0.6) is 11.5 Å². The molecule has 0 N–H and O–H groups in total. The molecule has 1 aromatic carbocycles. The zero-order chi connectivity index (χ0) is 12.3. The van der Waals surface area contributed by atoms with E-state index < -0.39 is 0 Å². The fourth-order valence-corrected chi connectivity index (χ4v) is 1.94. The van der Waals surface area contributed by atoms with Crippen molar-refractivity contribution in [3.63, 3.8) is 0 Å². The van der Waals surface area contributed by atoms with E-state index >= 15 is 0 Å². The maximum absolute atomic E-state index is 5.90. The van der Waals surface area contributed by atoms with Gasteiger partial charge in [-0.15, -0.1) is 0 Å². The number of benzene rings is 1. The molecular weight excluding hydrogens is 212 g/mol. The summed E-state index contributed by atoms with van der Waals surface area (Å²) in [5.41, 5.74) is 2.40. The molecule has 0 spiro atoms. The third-order valence-electron chi connectivity index (χ3n) is 2.68. The average molecular weight is 230 g/mol. The Kier molecular flexibility index (Phi) is 3.52. The SMILES string of the molecule is COc1ccc2c(c1OC(C)C)CC=CC=C2. The van der Waals surface area contributed by atoms with Gasteiger partial charge in [0.2, 0.25) is 0 Å². The van der Waals surface area contributed by atoms with Crippen molar-refractivity contribution in [2.24, 2.45) is 0 Å². The number of allylic oxidation sites excluding steroid dienone is 3. The summed E-state index contributed by atoms with van der Waals surface area (Å²) < 4.78 is 11.3. The van der Waals surface area contributed by atoms with Crippen LogP contribution in [0.4, 0.5) is 0 Å². The molecule has 1 aliphatic carbocycles. The number of hydrogen-bond acceptors (Lipinski definition) is 2. The second-order valence-electron chi connectivity index (χ2n) is 4.32. The Morgan fingerprint density at radius 3 is 2.71 bits per heavy atom. The first-order chi connectivity index (χ1) is 8.22. The van der Waals surface area contributed by atoms with E-state index in [-0.39, 0.29) is 6.10 Å². The highest BCUT2D eigenvalue weighted by atomic mass is 16.5. The summed E-state index contributed by atoms with van der Waals surface area (Å²) in [6, 6.07) is 4.04. The fourth-order valence-electron chi connectivity index (χ4n) is 1.94. The lowest BCUT2D eigenvalue weighted by molar-refractivity contribution is 0.228. The van der Waals surface area contributed by atoms with Gasteiger partial charge in [-0.25, -0.2) is 0 Å². The summed E-state index contributed by atoms with van der Waals surface area (Å²) in [6.45, 7) is 4.06. The largest absolute Gasteiger partial charge is 0.493 e. The molecule has 0 saturated carbocycles. The van der Waals surface area contributed by atoms with Gasteiger partial charge in [-0.3, -0.25) is 0 Å². The highest BCUT2D eigenvalue weighted by Gasteiger charge is 2.15. The van der Waals surface area contributed by atoms with Gasteiger partial charge < -0.3 is 9.47 Å². The number of methoxy groups -OCH3 is 1. The lowest BCUT2D eigenvalue weighted by Crippen LogP contribution is -2.09. The number of rotatable bonds is 3. The van der Waals surface area contributed by atoms with Gasteiger partial charge in [-0.1, -0.05) is 30.4 Å². The van der Waals surface area contributed by atoms with Crippen LogP contribution in [0.2, 0.25) is 0 Å². The van der Waals surface area contributed by atoms with Gasteiger partial charge in [0.15, 0.2) is 11.5 Å². The number of ether oxygens (including phenoxy) is 2. The average Bonchev–Trinajstić information content (AvgIpc) is 2.54. The molecule has 0 aliphatic heterocycles. The van der Waals surface area contributed by atoms with Crippen molar-refractivity contribution in [1.29, 1.82) is 0 Å². The summed E-state index contributed by atoms with van der Waals surface area (Å²) >= 11 is 0. The minimum atomic E-state index is 0.145. The third-order valence-corrected chi connectivity index (χ3v) is 2.68. The Hall–Kier alpha value is -1.70. The second-order valence-corrected chi connectivity index (χ2v) is 4.32. The Bertz CT molecular complexity index is 456. The van der Waals surface area contributed by atoms with Crippen LogP contribution in [-0.2, 0) is 6.42 Å². The molecule has 90 valence electrons. The molecule has 0 amide bonds. The maximum Gasteiger partial charge on any atom is 0.165 e. The van der Waals surface area contributed by atoms with Crippen LogP contribution in [0.25, 0.3) is 6.08 Å².